The van der Waals surface area contributed by atoms with Crippen LogP contribution in [0.2, 0.25) is 0 Å². The molecule has 0 aliphatic heterocycles. The highest BCUT2D eigenvalue weighted by Crippen LogP contribution is 2.26. The number of hydrogen-bond donors (Lipinski definition) is 2. The number of anilines is 1. The quantitative estimate of drug-likeness (QED) is 0.391. The Labute approximate surface area is 206 Å². The van der Waals surface area contributed by atoms with Crippen LogP contribution in [-0.4, -0.2) is 32.3 Å². The molecule has 0 unspecified atom stereocenters. The van der Waals surface area contributed by atoms with Gasteiger partial charge in [-0.2, -0.15) is 0 Å². The zero-order chi connectivity index (χ0) is 24.1. The third-order valence-corrected chi connectivity index (χ3v) is 6.63. The van der Waals surface area contributed by atoms with Gasteiger partial charge in [-0.15, -0.1) is 10.2 Å². The minimum atomic E-state index is -0.331. The second kappa shape index (κ2) is 11.0. The molecule has 2 aromatic carbocycles. The van der Waals surface area contributed by atoms with Crippen LogP contribution >= 0.6 is 27.7 Å². The van der Waals surface area contributed by atoms with Gasteiger partial charge in [0.1, 0.15) is 0 Å². The summed E-state index contributed by atoms with van der Waals surface area (Å²) >= 11 is 4.80. The Balaban J connectivity index is 1.64. The summed E-state index contributed by atoms with van der Waals surface area (Å²) in [7, 11) is 0. The maximum absolute atomic E-state index is 12.6. The van der Waals surface area contributed by atoms with Crippen LogP contribution in [0.3, 0.4) is 0 Å². The van der Waals surface area contributed by atoms with Gasteiger partial charge in [0.25, 0.3) is 5.91 Å². The van der Waals surface area contributed by atoms with E-state index >= 15 is 0 Å². The number of benzene rings is 2. The Morgan fingerprint density at radius 2 is 1.73 bits per heavy atom. The zero-order valence-electron chi connectivity index (χ0n) is 19.4. The number of hydrogen-bond acceptors (Lipinski definition) is 5. The molecule has 0 bridgehead atoms. The van der Waals surface area contributed by atoms with E-state index in [1.165, 1.54) is 11.8 Å². The molecule has 0 saturated heterocycles. The molecule has 33 heavy (non-hydrogen) atoms. The number of aromatic nitrogens is 3. The number of carbonyl (C=O) groups is 2. The zero-order valence-corrected chi connectivity index (χ0v) is 21.8. The van der Waals surface area contributed by atoms with Crippen LogP contribution in [0.25, 0.3) is 0 Å². The lowest BCUT2D eigenvalue weighted by Gasteiger charge is -2.15. The Morgan fingerprint density at radius 1 is 1.09 bits per heavy atom. The first kappa shape index (κ1) is 25.0. The highest BCUT2D eigenvalue weighted by atomic mass is 79.9. The average molecular weight is 530 g/mol. The monoisotopic (exact) mass is 529 g/mol. The van der Waals surface area contributed by atoms with Gasteiger partial charge >= 0.3 is 0 Å². The van der Waals surface area contributed by atoms with Gasteiger partial charge in [-0.25, -0.2) is 0 Å². The molecule has 2 N–H and O–H groups in total. The predicted molar refractivity (Wildman–Crippen MR) is 136 cm³/mol. The Hall–Kier alpha value is -2.65. The first-order valence-electron chi connectivity index (χ1n) is 10.7. The third-order valence-electron chi connectivity index (χ3n) is 5.20. The average Bonchev–Trinajstić information content (AvgIpc) is 3.18. The lowest BCUT2D eigenvalue weighted by molar-refractivity contribution is -0.113. The van der Waals surface area contributed by atoms with Gasteiger partial charge in [0.05, 0.1) is 11.8 Å². The van der Waals surface area contributed by atoms with Gasteiger partial charge in [0, 0.05) is 22.3 Å². The van der Waals surface area contributed by atoms with Crippen molar-refractivity contribution in [3.05, 3.63) is 68.9 Å². The van der Waals surface area contributed by atoms with Crippen molar-refractivity contribution in [2.24, 2.45) is 0 Å². The normalized spacial score (nSPS) is 11.8. The molecular weight excluding hydrogens is 502 g/mol. The van der Waals surface area contributed by atoms with E-state index in [0.29, 0.717) is 23.1 Å². The molecule has 1 atom stereocenters. The second-order valence-electron chi connectivity index (χ2n) is 7.90. The molecule has 7 nitrogen and oxygen atoms in total. The molecule has 1 aromatic heterocycles. The number of carbonyl (C=O) groups excluding carboxylic acids is 2. The van der Waals surface area contributed by atoms with Crippen LogP contribution in [0.1, 0.15) is 52.8 Å². The van der Waals surface area contributed by atoms with Gasteiger partial charge in [-0.3, -0.25) is 9.59 Å². The first-order chi connectivity index (χ1) is 15.7. The molecule has 0 aliphatic carbocycles. The van der Waals surface area contributed by atoms with E-state index in [4.69, 9.17) is 0 Å². The van der Waals surface area contributed by atoms with Crippen molar-refractivity contribution >= 4 is 45.2 Å². The fraction of sp³-hybridized carbons (Fsp3) is 0.333. The topological polar surface area (TPSA) is 88.9 Å². The van der Waals surface area contributed by atoms with Gasteiger partial charge in [0.2, 0.25) is 5.91 Å². The standard InChI is InChI=1S/C24H28BrN5O2S/c1-6-30-22(17(5)26-23(32)18-9-7-14(2)8-10-18)28-29-24(30)33-13-20(31)27-21-15(3)11-19(25)12-16(21)4/h7-12,17H,6,13H2,1-5H3,(H,26,32)(H,27,31)/t17-/m0/s1. The van der Waals surface area contributed by atoms with Gasteiger partial charge in [0.15, 0.2) is 11.0 Å². The summed E-state index contributed by atoms with van der Waals surface area (Å²) in [6.45, 7) is 10.4. The summed E-state index contributed by atoms with van der Waals surface area (Å²) < 4.78 is 2.91. The second-order valence-corrected chi connectivity index (χ2v) is 9.76. The van der Waals surface area contributed by atoms with Crippen molar-refractivity contribution in [1.82, 2.24) is 20.1 Å². The number of amides is 2. The summed E-state index contributed by atoms with van der Waals surface area (Å²) in [5.74, 6) is 0.584. The van der Waals surface area contributed by atoms with Gasteiger partial charge in [-0.05, 0) is 70.0 Å². The highest BCUT2D eigenvalue weighted by Gasteiger charge is 2.20. The van der Waals surface area contributed by atoms with Crippen molar-refractivity contribution in [3.8, 4) is 0 Å². The molecule has 174 valence electrons. The molecule has 0 spiro atoms. The Morgan fingerprint density at radius 3 is 2.33 bits per heavy atom. The maximum atomic E-state index is 12.6. The van der Waals surface area contributed by atoms with E-state index < -0.39 is 0 Å². The lowest BCUT2D eigenvalue weighted by Crippen LogP contribution is -2.28. The van der Waals surface area contributed by atoms with Crippen LogP contribution in [-0.2, 0) is 11.3 Å². The number of thioether (sulfide) groups is 1. The Kier molecular flexibility index (Phi) is 8.31. The summed E-state index contributed by atoms with van der Waals surface area (Å²) in [6.07, 6.45) is 0. The fourth-order valence-corrected chi connectivity index (χ4v) is 4.98. The van der Waals surface area contributed by atoms with Crippen molar-refractivity contribution < 1.29 is 9.59 Å². The van der Waals surface area contributed by atoms with E-state index in [-0.39, 0.29) is 23.6 Å². The molecular formula is C24H28BrN5O2S. The van der Waals surface area contributed by atoms with E-state index in [0.717, 1.165) is 26.9 Å². The van der Waals surface area contributed by atoms with Crippen molar-refractivity contribution in [2.75, 3.05) is 11.1 Å². The van der Waals surface area contributed by atoms with Crippen LogP contribution in [0.4, 0.5) is 5.69 Å². The van der Waals surface area contributed by atoms with Crippen molar-refractivity contribution in [3.63, 3.8) is 0 Å². The number of rotatable bonds is 8. The summed E-state index contributed by atoms with van der Waals surface area (Å²) in [5, 5.41) is 15.2. The summed E-state index contributed by atoms with van der Waals surface area (Å²) in [4.78, 5) is 25.2. The Bertz CT molecular complexity index is 1140. The van der Waals surface area contributed by atoms with E-state index in [1.54, 1.807) is 12.1 Å². The van der Waals surface area contributed by atoms with E-state index in [9.17, 15) is 9.59 Å². The van der Waals surface area contributed by atoms with Crippen LogP contribution in [0.5, 0.6) is 0 Å². The van der Waals surface area contributed by atoms with Crippen LogP contribution in [0, 0.1) is 20.8 Å². The number of nitrogens with one attached hydrogen (secondary N) is 2. The van der Waals surface area contributed by atoms with Crippen LogP contribution in [0.15, 0.2) is 46.0 Å². The van der Waals surface area contributed by atoms with Gasteiger partial charge < -0.3 is 15.2 Å². The molecule has 2 amide bonds. The minimum absolute atomic E-state index is 0.110. The molecule has 0 fully saturated rings. The largest absolute Gasteiger partial charge is 0.342 e. The van der Waals surface area contributed by atoms with Crippen LogP contribution < -0.4 is 10.6 Å². The number of nitrogens with zero attached hydrogens (tertiary/aromatic N) is 3. The smallest absolute Gasteiger partial charge is 0.251 e. The lowest BCUT2D eigenvalue weighted by atomic mass is 10.1. The molecule has 0 aliphatic rings. The first-order valence-corrected chi connectivity index (χ1v) is 12.5. The van der Waals surface area contributed by atoms with Gasteiger partial charge in [-0.1, -0.05) is 45.4 Å². The molecule has 1 heterocycles. The number of halogens is 1. The minimum Gasteiger partial charge on any atom is -0.342 e. The maximum Gasteiger partial charge on any atom is 0.251 e. The van der Waals surface area contributed by atoms with Crippen molar-refractivity contribution in [2.45, 2.75) is 52.4 Å². The predicted octanol–water partition coefficient (Wildman–Crippen LogP) is 5.21. The molecule has 0 saturated carbocycles. The fourth-order valence-electron chi connectivity index (χ4n) is 3.49. The molecule has 9 heteroatoms. The summed E-state index contributed by atoms with van der Waals surface area (Å²) in [6, 6.07) is 11.0. The number of aryl methyl sites for hydroxylation is 3. The SMILES string of the molecule is CCn1c(SCC(=O)Nc2c(C)cc(Br)cc2C)nnc1[C@H](C)NC(=O)c1ccc(C)cc1. The third kappa shape index (κ3) is 6.23. The molecule has 3 aromatic rings. The van der Waals surface area contributed by atoms with E-state index in [1.807, 2.05) is 63.5 Å². The van der Waals surface area contributed by atoms with Crippen molar-refractivity contribution in [1.29, 1.82) is 0 Å². The summed E-state index contributed by atoms with van der Waals surface area (Å²) in [5.41, 5.74) is 4.52. The highest BCUT2D eigenvalue weighted by molar-refractivity contribution is 9.10. The molecule has 0 radical (unpaired) electrons. The molecule has 3 rings (SSSR count). The van der Waals surface area contributed by atoms with E-state index in [2.05, 4.69) is 36.8 Å².